The van der Waals surface area contributed by atoms with E-state index < -0.39 is 0 Å². The lowest BCUT2D eigenvalue weighted by Crippen LogP contribution is -2.38. The highest BCUT2D eigenvalue weighted by molar-refractivity contribution is 5.94. The number of hydrogen-bond donors (Lipinski definition) is 1. The number of likely N-dealkylation sites (tertiary alicyclic amines) is 1. The van der Waals surface area contributed by atoms with Gasteiger partial charge in [-0.2, -0.15) is 0 Å². The maximum Gasteiger partial charge on any atom is 0.254 e. The fraction of sp³-hybridized carbons (Fsp3) is 0.333. The zero-order valence-electron chi connectivity index (χ0n) is 13.1. The van der Waals surface area contributed by atoms with Crippen molar-refractivity contribution in [2.75, 3.05) is 13.1 Å². The normalized spacial score (nSPS) is 15.6. The van der Waals surface area contributed by atoms with Gasteiger partial charge in [0.2, 0.25) is 0 Å². The van der Waals surface area contributed by atoms with Gasteiger partial charge in [0.25, 0.3) is 11.5 Å². The molecule has 1 aliphatic rings. The molecule has 1 N–H and O–H groups in total. The van der Waals surface area contributed by atoms with Crippen LogP contribution in [0.25, 0.3) is 0 Å². The predicted molar refractivity (Wildman–Crippen MR) is 87.7 cm³/mol. The minimum absolute atomic E-state index is 0.0770. The van der Waals surface area contributed by atoms with Crippen LogP contribution in [0.1, 0.15) is 34.7 Å². The molecule has 1 amide bonds. The van der Waals surface area contributed by atoms with E-state index in [9.17, 15) is 14.7 Å². The number of phenols is 1. The van der Waals surface area contributed by atoms with Gasteiger partial charge in [-0.1, -0.05) is 12.1 Å². The first-order chi connectivity index (χ1) is 11.0. The SMILES string of the molecule is Cn1ccc(C(=O)N2CCC(c3ccc(O)cc3)CC2)cc1=O. The predicted octanol–water partition coefficient (Wildman–Crippen LogP) is 2.11. The molecule has 0 saturated carbocycles. The van der Waals surface area contributed by atoms with Crippen molar-refractivity contribution in [1.82, 2.24) is 9.47 Å². The highest BCUT2D eigenvalue weighted by atomic mass is 16.3. The number of benzene rings is 1. The molecule has 2 heterocycles. The van der Waals surface area contributed by atoms with Crippen LogP contribution in [0.15, 0.2) is 47.4 Å². The number of carbonyl (C=O) groups is 1. The lowest BCUT2D eigenvalue weighted by Gasteiger charge is -2.32. The number of aryl methyl sites for hydroxylation is 1. The van der Waals surface area contributed by atoms with Gasteiger partial charge in [-0.25, -0.2) is 0 Å². The molecule has 5 nitrogen and oxygen atoms in total. The minimum Gasteiger partial charge on any atom is -0.508 e. The number of hydrogen-bond acceptors (Lipinski definition) is 3. The number of aromatic nitrogens is 1. The van der Waals surface area contributed by atoms with Crippen molar-refractivity contribution in [3.63, 3.8) is 0 Å². The number of piperidine rings is 1. The molecular formula is C18H20N2O3. The van der Waals surface area contributed by atoms with Crippen LogP contribution in [0.4, 0.5) is 0 Å². The van der Waals surface area contributed by atoms with Crippen molar-refractivity contribution in [2.45, 2.75) is 18.8 Å². The molecule has 0 aliphatic carbocycles. The summed E-state index contributed by atoms with van der Waals surface area (Å²) < 4.78 is 1.45. The van der Waals surface area contributed by atoms with Gasteiger partial charge in [0.05, 0.1) is 0 Å². The number of aromatic hydroxyl groups is 1. The highest BCUT2D eigenvalue weighted by Gasteiger charge is 2.24. The van der Waals surface area contributed by atoms with Crippen LogP contribution in [0.5, 0.6) is 5.75 Å². The van der Waals surface area contributed by atoms with Gasteiger partial charge in [-0.3, -0.25) is 9.59 Å². The molecule has 1 saturated heterocycles. The average Bonchev–Trinajstić information content (AvgIpc) is 2.57. The molecule has 2 aromatic rings. The quantitative estimate of drug-likeness (QED) is 0.924. The Morgan fingerprint density at radius 3 is 2.39 bits per heavy atom. The van der Waals surface area contributed by atoms with Gasteiger partial charge >= 0.3 is 0 Å². The summed E-state index contributed by atoms with van der Waals surface area (Å²) in [5.74, 6) is 0.599. The second-order valence-corrected chi connectivity index (χ2v) is 6.02. The van der Waals surface area contributed by atoms with E-state index in [0.717, 1.165) is 12.8 Å². The fourth-order valence-electron chi connectivity index (χ4n) is 3.03. The summed E-state index contributed by atoms with van der Waals surface area (Å²) in [4.78, 5) is 26.0. The third-order valence-electron chi connectivity index (χ3n) is 4.50. The van der Waals surface area contributed by atoms with Crippen LogP contribution in [-0.4, -0.2) is 33.6 Å². The number of nitrogens with zero attached hydrogens (tertiary/aromatic N) is 2. The standard InChI is InChI=1S/C18H20N2O3/c1-19-9-6-15(12-17(19)22)18(23)20-10-7-14(8-11-20)13-2-4-16(21)5-3-13/h2-6,9,12,14,21H,7-8,10-11H2,1H3. The van der Waals surface area contributed by atoms with Crippen molar-refractivity contribution in [2.24, 2.45) is 7.05 Å². The number of carbonyl (C=O) groups excluding carboxylic acids is 1. The van der Waals surface area contributed by atoms with E-state index in [0.29, 0.717) is 24.6 Å². The average molecular weight is 312 g/mol. The van der Waals surface area contributed by atoms with E-state index in [1.807, 2.05) is 17.0 Å². The second kappa shape index (κ2) is 6.28. The third kappa shape index (κ3) is 3.28. The molecular weight excluding hydrogens is 292 g/mol. The van der Waals surface area contributed by atoms with Gasteiger partial charge in [0.15, 0.2) is 0 Å². The van der Waals surface area contributed by atoms with Gasteiger partial charge in [-0.05, 0) is 42.5 Å². The first kappa shape index (κ1) is 15.3. The molecule has 1 aromatic carbocycles. The number of amides is 1. The third-order valence-corrected chi connectivity index (χ3v) is 4.50. The lowest BCUT2D eigenvalue weighted by atomic mass is 9.89. The molecule has 0 unspecified atom stereocenters. The molecule has 0 bridgehead atoms. The lowest BCUT2D eigenvalue weighted by molar-refractivity contribution is 0.0712. The smallest absolute Gasteiger partial charge is 0.254 e. The fourth-order valence-corrected chi connectivity index (χ4v) is 3.03. The van der Waals surface area contributed by atoms with Gasteiger partial charge in [0.1, 0.15) is 5.75 Å². The van der Waals surface area contributed by atoms with Crippen molar-refractivity contribution in [3.05, 3.63) is 64.1 Å². The Morgan fingerprint density at radius 1 is 1.13 bits per heavy atom. The van der Waals surface area contributed by atoms with E-state index in [4.69, 9.17) is 0 Å². The zero-order chi connectivity index (χ0) is 16.4. The summed E-state index contributed by atoms with van der Waals surface area (Å²) in [7, 11) is 1.67. The second-order valence-electron chi connectivity index (χ2n) is 6.02. The molecule has 23 heavy (non-hydrogen) atoms. The van der Waals surface area contributed by atoms with Gasteiger partial charge < -0.3 is 14.6 Å². The molecule has 0 spiro atoms. The van der Waals surface area contributed by atoms with Crippen LogP contribution in [-0.2, 0) is 7.05 Å². The number of rotatable bonds is 2. The van der Waals surface area contributed by atoms with Crippen LogP contribution < -0.4 is 5.56 Å². The van der Waals surface area contributed by atoms with E-state index in [-0.39, 0.29) is 17.2 Å². The number of pyridine rings is 1. The maximum atomic E-state index is 12.5. The maximum absolute atomic E-state index is 12.5. The largest absolute Gasteiger partial charge is 0.508 e. The first-order valence-electron chi connectivity index (χ1n) is 7.79. The summed E-state index contributed by atoms with van der Waals surface area (Å²) in [6.45, 7) is 1.36. The minimum atomic E-state index is -0.171. The summed E-state index contributed by atoms with van der Waals surface area (Å²) in [5.41, 5.74) is 1.48. The first-order valence-corrected chi connectivity index (χ1v) is 7.79. The van der Waals surface area contributed by atoms with Gasteiger partial charge in [-0.15, -0.1) is 0 Å². The molecule has 5 heteroatoms. The molecule has 1 fully saturated rings. The number of phenolic OH excluding ortho intramolecular Hbond substituents is 1. The molecule has 1 aromatic heterocycles. The van der Waals surface area contributed by atoms with Crippen LogP contribution in [0.3, 0.4) is 0 Å². The monoisotopic (exact) mass is 312 g/mol. The van der Waals surface area contributed by atoms with Crippen molar-refractivity contribution in [1.29, 1.82) is 0 Å². The summed E-state index contributed by atoms with van der Waals surface area (Å²) in [6.07, 6.45) is 3.40. The summed E-state index contributed by atoms with van der Waals surface area (Å²) >= 11 is 0. The summed E-state index contributed by atoms with van der Waals surface area (Å²) in [6, 6.07) is 10.4. The van der Waals surface area contributed by atoms with Crippen LogP contribution in [0, 0.1) is 0 Å². The Balaban J connectivity index is 1.66. The summed E-state index contributed by atoms with van der Waals surface area (Å²) in [5, 5.41) is 9.36. The Bertz CT molecular complexity index is 757. The molecule has 3 rings (SSSR count). The zero-order valence-corrected chi connectivity index (χ0v) is 13.1. The topological polar surface area (TPSA) is 62.5 Å². The van der Waals surface area contributed by atoms with E-state index in [2.05, 4.69) is 0 Å². The van der Waals surface area contributed by atoms with Crippen molar-refractivity contribution < 1.29 is 9.90 Å². The van der Waals surface area contributed by atoms with E-state index in [1.54, 1.807) is 31.4 Å². The molecule has 1 aliphatic heterocycles. The van der Waals surface area contributed by atoms with E-state index >= 15 is 0 Å². The Labute approximate surface area is 134 Å². The molecule has 0 radical (unpaired) electrons. The van der Waals surface area contributed by atoms with Crippen molar-refractivity contribution in [3.8, 4) is 5.75 Å². The Kier molecular flexibility index (Phi) is 4.19. The Morgan fingerprint density at radius 2 is 1.78 bits per heavy atom. The highest BCUT2D eigenvalue weighted by Crippen LogP contribution is 2.29. The van der Waals surface area contributed by atoms with Crippen molar-refractivity contribution >= 4 is 5.91 Å². The van der Waals surface area contributed by atoms with Gasteiger partial charge in [0, 0.05) is 38.0 Å². The van der Waals surface area contributed by atoms with Crippen LogP contribution >= 0.6 is 0 Å². The molecule has 0 atom stereocenters. The van der Waals surface area contributed by atoms with E-state index in [1.165, 1.54) is 16.2 Å². The molecule has 120 valence electrons. The van der Waals surface area contributed by atoms with Crippen LogP contribution in [0.2, 0.25) is 0 Å². The Hall–Kier alpha value is -2.56.